The molecule has 0 aromatic heterocycles. The van der Waals surface area contributed by atoms with E-state index in [2.05, 4.69) is 31.8 Å². The molecule has 0 saturated carbocycles. The van der Waals surface area contributed by atoms with E-state index in [4.69, 9.17) is 5.41 Å². The van der Waals surface area contributed by atoms with Gasteiger partial charge in [-0.3, -0.25) is 0 Å². The number of hydrogen-bond acceptors (Lipinski definition) is 3. The number of hydrogen-bond donors (Lipinski definition) is 3. The maximum atomic E-state index is 6.87. The van der Waals surface area contributed by atoms with Crippen LogP contribution in [0.3, 0.4) is 0 Å². The summed E-state index contributed by atoms with van der Waals surface area (Å²) in [6, 6.07) is 0. The van der Waals surface area contributed by atoms with E-state index in [-0.39, 0.29) is 10.7 Å². The number of allylic oxidation sites excluding steroid dienone is 3. The predicted octanol–water partition coefficient (Wildman–Crippen LogP) is 2.61. The van der Waals surface area contributed by atoms with Gasteiger partial charge in [-0.25, -0.2) is 0 Å². The highest BCUT2D eigenvalue weighted by atomic mass is 32.1. The van der Waals surface area contributed by atoms with Crippen molar-refractivity contribution in [2.24, 2.45) is 5.41 Å². The van der Waals surface area contributed by atoms with Crippen LogP contribution >= 0.6 is 25.3 Å². The lowest BCUT2D eigenvalue weighted by Crippen LogP contribution is -2.25. The Hall–Kier alpha value is -0.150. The first-order chi connectivity index (χ1) is 5.60. The highest BCUT2D eigenvalue weighted by Gasteiger charge is 2.24. The van der Waals surface area contributed by atoms with Crippen LogP contribution in [-0.4, -0.2) is 17.2 Å². The molecule has 0 aliphatic heterocycles. The van der Waals surface area contributed by atoms with Gasteiger partial charge < -0.3 is 5.41 Å². The van der Waals surface area contributed by atoms with Gasteiger partial charge in [-0.05, 0) is 6.08 Å². The molecule has 0 radical (unpaired) electrons. The van der Waals surface area contributed by atoms with Gasteiger partial charge in [0.15, 0.2) is 0 Å². The zero-order chi connectivity index (χ0) is 9.61. The third-order valence-electron chi connectivity index (χ3n) is 1.88. The molecule has 2 atom stereocenters. The van der Waals surface area contributed by atoms with Gasteiger partial charge in [-0.1, -0.05) is 19.1 Å². The standard InChI is InChI=1S/C9H15NS2/c1-3-9(2,5-4-6-10)8(12)7-11/h3-6,8,10-12H,1,7H2,2H3. The molecule has 0 aromatic rings. The molecule has 0 amide bonds. The van der Waals surface area contributed by atoms with Crippen LogP contribution in [-0.2, 0) is 0 Å². The van der Waals surface area contributed by atoms with E-state index in [0.29, 0.717) is 5.75 Å². The summed E-state index contributed by atoms with van der Waals surface area (Å²) in [7, 11) is 0. The van der Waals surface area contributed by atoms with Crippen molar-refractivity contribution in [3.63, 3.8) is 0 Å². The Labute approximate surface area is 85.3 Å². The Morgan fingerprint density at radius 2 is 2.25 bits per heavy atom. The zero-order valence-corrected chi connectivity index (χ0v) is 8.98. The minimum atomic E-state index is -0.178. The van der Waals surface area contributed by atoms with Crippen molar-refractivity contribution in [2.75, 3.05) is 5.75 Å². The fraction of sp³-hybridized carbons (Fsp3) is 0.444. The van der Waals surface area contributed by atoms with Crippen LogP contribution in [0, 0.1) is 10.8 Å². The molecular formula is C9H15NS2. The van der Waals surface area contributed by atoms with Gasteiger partial charge in [0.05, 0.1) is 0 Å². The van der Waals surface area contributed by atoms with Crippen molar-refractivity contribution < 1.29 is 0 Å². The first-order valence-corrected chi connectivity index (χ1v) is 4.86. The van der Waals surface area contributed by atoms with Crippen LogP contribution in [0.4, 0.5) is 0 Å². The third-order valence-corrected chi connectivity index (χ3v) is 3.27. The Morgan fingerprint density at radius 1 is 1.67 bits per heavy atom. The monoisotopic (exact) mass is 201 g/mol. The van der Waals surface area contributed by atoms with E-state index in [1.54, 1.807) is 6.08 Å². The van der Waals surface area contributed by atoms with Gasteiger partial charge in [0, 0.05) is 22.6 Å². The van der Waals surface area contributed by atoms with E-state index in [0.717, 1.165) is 0 Å². The van der Waals surface area contributed by atoms with Crippen LogP contribution in [0.25, 0.3) is 0 Å². The molecule has 0 saturated heterocycles. The van der Waals surface area contributed by atoms with E-state index in [1.807, 2.05) is 19.1 Å². The van der Waals surface area contributed by atoms with Crippen LogP contribution in [0.1, 0.15) is 6.92 Å². The van der Waals surface area contributed by atoms with Gasteiger partial charge in [0.1, 0.15) is 0 Å². The average Bonchev–Trinajstić information content (AvgIpc) is 2.12. The summed E-state index contributed by atoms with van der Waals surface area (Å²) in [5.74, 6) is 0.688. The molecule has 1 N–H and O–H groups in total. The Kier molecular flexibility index (Phi) is 5.42. The summed E-state index contributed by atoms with van der Waals surface area (Å²) >= 11 is 8.56. The van der Waals surface area contributed by atoms with E-state index >= 15 is 0 Å². The maximum absolute atomic E-state index is 6.87. The van der Waals surface area contributed by atoms with Crippen molar-refractivity contribution in [3.05, 3.63) is 24.8 Å². The summed E-state index contributed by atoms with van der Waals surface area (Å²) in [5.41, 5.74) is -0.178. The number of nitrogens with one attached hydrogen (secondary N) is 1. The maximum Gasteiger partial charge on any atom is 0.0228 e. The zero-order valence-electron chi connectivity index (χ0n) is 7.20. The molecule has 0 aliphatic carbocycles. The lowest BCUT2D eigenvalue weighted by Gasteiger charge is -2.27. The molecule has 0 bridgehead atoms. The minimum absolute atomic E-state index is 0.134. The number of thiol groups is 2. The largest absolute Gasteiger partial charge is 0.309 e. The Bertz CT molecular complexity index is 189. The molecule has 68 valence electrons. The predicted molar refractivity (Wildman–Crippen MR) is 62.9 cm³/mol. The lowest BCUT2D eigenvalue weighted by atomic mass is 9.87. The fourth-order valence-electron chi connectivity index (χ4n) is 0.767. The molecule has 0 aliphatic rings. The molecule has 0 spiro atoms. The third kappa shape index (κ3) is 3.07. The average molecular weight is 201 g/mol. The number of rotatable bonds is 5. The van der Waals surface area contributed by atoms with Gasteiger partial charge in [-0.2, -0.15) is 25.3 Å². The van der Waals surface area contributed by atoms with Crippen molar-refractivity contribution in [1.29, 1.82) is 5.41 Å². The molecule has 0 rings (SSSR count). The quantitative estimate of drug-likeness (QED) is 0.346. The van der Waals surface area contributed by atoms with Crippen LogP contribution in [0.15, 0.2) is 24.8 Å². The topological polar surface area (TPSA) is 23.9 Å². The van der Waals surface area contributed by atoms with Crippen molar-refractivity contribution in [2.45, 2.75) is 12.2 Å². The summed E-state index contributed by atoms with van der Waals surface area (Å²) < 4.78 is 0. The highest BCUT2D eigenvalue weighted by molar-refractivity contribution is 7.84. The molecule has 0 aromatic carbocycles. The summed E-state index contributed by atoms with van der Waals surface area (Å²) in [6.07, 6.45) is 6.69. The normalized spacial score (nSPS) is 18.6. The Balaban J connectivity index is 4.53. The van der Waals surface area contributed by atoms with Crippen molar-refractivity contribution in [1.82, 2.24) is 0 Å². The van der Waals surface area contributed by atoms with Gasteiger partial charge in [-0.15, -0.1) is 6.58 Å². The second kappa shape index (κ2) is 5.49. The van der Waals surface area contributed by atoms with Crippen molar-refractivity contribution in [3.8, 4) is 0 Å². The molecule has 0 fully saturated rings. The molecule has 2 unspecified atom stereocenters. The minimum Gasteiger partial charge on any atom is -0.309 e. The molecular weight excluding hydrogens is 186 g/mol. The van der Waals surface area contributed by atoms with Gasteiger partial charge >= 0.3 is 0 Å². The first-order valence-electron chi connectivity index (χ1n) is 3.71. The van der Waals surface area contributed by atoms with Gasteiger partial charge in [0.25, 0.3) is 0 Å². The summed E-state index contributed by atoms with van der Waals surface area (Å²) in [5, 5.41) is 7.00. The highest BCUT2D eigenvalue weighted by Crippen LogP contribution is 2.29. The summed E-state index contributed by atoms with van der Waals surface area (Å²) in [6.45, 7) is 5.77. The van der Waals surface area contributed by atoms with E-state index in [9.17, 15) is 0 Å². The first kappa shape index (κ1) is 11.8. The second-order valence-electron chi connectivity index (χ2n) is 2.79. The van der Waals surface area contributed by atoms with Crippen LogP contribution in [0.2, 0.25) is 0 Å². The molecule has 3 heteroatoms. The van der Waals surface area contributed by atoms with E-state index in [1.165, 1.54) is 6.21 Å². The smallest absolute Gasteiger partial charge is 0.0228 e. The second-order valence-corrected chi connectivity index (χ2v) is 3.78. The molecule has 0 heterocycles. The molecule has 1 nitrogen and oxygen atoms in total. The van der Waals surface area contributed by atoms with Crippen LogP contribution in [0.5, 0.6) is 0 Å². The van der Waals surface area contributed by atoms with Crippen molar-refractivity contribution >= 4 is 31.5 Å². The Morgan fingerprint density at radius 3 is 2.58 bits per heavy atom. The van der Waals surface area contributed by atoms with Crippen LogP contribution < -0.4 is 0 Å². The van der Waals surface area contributed by atoms with E-state index < -0.39 is 0 Å². The SMILES string of the molecule is C=CC(C)(C=CC=N)C(S)CS. The summed E-state index contributed by atoms with van der Waals surface area (Å²) in [4.78, 5) is 0. The molecule has 12 heavy (non-hydrogen) atoms. The lowest BCUT2D eigenvalue weighted by molar-refractivity contribution is 0.556. The fourth-order valence-corrected chi connectivity index (χ4v) is 1.35. The van der Waals surface area contributed by atoms with Gasteiger partial charge in [0.2, 0.25) is 0 Å².